The quantitative estimate of drug-likeness (QED) is 0.805. The average Bonchev–Trinajstić information content (AvgIpc) is 2.84. The molecule has 3 nitrogen and oxygen atoms in total. The molecule has 0 unspecified atom stereocenters. The van der Waals surface area contributed by atoms with Crippen LogP contribution in [0.5, 0.6) is 0 Å². The van der Waals surface area contributed by atoms with Gasteiger partial charge < -0.3 is 0 Å². The summed E-state index contributed by atoms with van der Waals surface area (Å²) in [6, 6.07) is 3.62. The molecule has 1 spiro atoms. The largest absolute Gasteiger partial charge is 0.296 e. The summed E-state index contributed by atoms with van der Waals surface area (Å²) in [5.41, 5.74) is 1.85. The maximum Gasteiger partial charge on any atom is 0.182 e. The summed E-state index contributed by atoms with van der Waals surface area (Å²) in [7, 11) is 0. The Kier molecular flexibility index (Phi) is 2.55. The molecule has 5 heteroatoms. The molecule has 1 fully saturated rings. The second-order valence-electron chi connectivity index (χ2n) is 6.14. The second kappa shape index (κ2) is 4.23. The van der Waals surface area contributed by atoms with E-state index in [4.69, 9.17) is 0 Å². The maximum atomic E-state index is 13.4. The number of hydrogen-bond acceptors (Lipinski definition) is 2. The van der Waals surface area contributed by atoms with Gasteiger partial charge in [-0.3, -0.25) is 9.36 Å². The van der Waals surface area contributed by atoms with E-state index in [-0.39, 0.29) is 11.2 Å². The average molecular weight is 288 g/mol. The van der Waals surface area contributed by atoms with Crippen LogP contribution in [-0.4, -0.2) is 15.3 Å². The Morgan fingerprint density at radius 2 is 1.95 bits per heavy atom. The SMILES string of the molecule is O=C1CC2(CCC2)Cc2ncn(-c3ccc(F)c(F)c3)c21. The zero-order valence-corrected chi connectivity index (χ0v) is 11.4. The van der Waals surface area contributed by atoms with E-state index in [9.17, 15) is 13.6 Å². The number of benzene rings is 1. The van der Waals surface area contributed by atoms with Crippen LogP contribution in [0, 0.1) is 17.0 Å². The lowest BCUT2D eigenvalue weighted by Gasteiger charge is -2.43. The number of ketones is 1. The lowest BCUT2D eigenvalue weighted by atomic mass is 9.61. The molecular formula is C16H14F2N2O. The monoisotopic (exact) mass is 288 g/mol. The first-order chi connectivity index (χ1) is 10.1. The van der Waals surface area contributed by atoms with Gasteiger partial charge in [-0.05, 0) is 36.8 Å². The van der Waals surface area contributed by atoms with Crippen LogP contribution in [0.3, 0.4) is 0 Å². The summed E-state index contributed by atoms with van der Waals surface area (Å²) in [6.07, 6.45) is 6.21. The molecule has 0 radical (unpaired) electrons. The predicted molar refractivity (Wildman–Crippen MR) is 72.4 cm³/mol. The lowest BCUT2D eigenvalue weighted by molar-refractivity contribution is 0.0699. The van der Waals surface area contributed by atoms with Crippen molar-refractivity contribution < 1.29 is 13.6 Å². The van der Waals surface area contributed by atoms with Gasteiger partial charge in [0.25, 0.3) is 0 Å². The first kappa shape index (κ1) is 12.7. The molecule has 1 heterocycles. The number of aromatic nitrogens is 2. The van der Waals surface area contributed by atoms with E-state index in [2.05, 4.69) is 4.98 Å². The first-order valence-electron chi connectivity index (χ1n) is 7.13. The van der Waals surface area contributed by atoms with Crippen LogP contribution in [0.4, 0.5) is 8.78 Å². The Morgan fingerprint density at radius 3 is 2.62 bits per heavy atom. The number of nitrogens with zero attached hydrogens (tertiary/aromatic N) is 2. The summed E-state index contributed by atoms with van der Waals surface area (Å²) in [5.74, 6) is -1.76. The molecule has 0 aliphatic heterocycles. The van der Waals surface area contributed by atoms with Gasteiger partial charge in [-0.15, -0.1) is 0 Å². The van der Waals surface area contributed by atoms with Gasteiger partial charge in [0.1, 0.15) is 12.0 Å². The summed E-state index contributed by atoms with van der Waals surface area (Å²) in [4.78, 5) is 16.8. The van der Waals surface area contributed by atoms with Crippen molar-refractivity contribution in [2.75, 3.05) is 0 Å². The molecule has 0 saturated heterocycles. The van der Waals surface area contributed by atoms with E-state index < -0.39 is 11.6 Å². The molecule has 4 rings (SSSR count). The lowest BCUT2D eigenvalue weighted by Crippen LogP contribution is -2.38. The topological polar surface area (TPSA) is 34.9 Å². The van der Waals surface area contributed by atoms with Gasteiger partial charge in [0.05, 0.1) is 11.4 Å². The molecule has 2 aliphatic carbocycles. The normalized spacial score (nSPS) is 19.4. The molecule has 108 valence electrons. The minimum absolute atomic E-state index is 0.0539. The highest BCUT2D eigenvalue weighted by molar-refractivity contribution is 5.98. The van der Waals surface area contributed by atoms with Crippen molar-refractivity contribution in [3.8, 4) is 5.69 Å². The second-order valence-corrected chi connectivity index (χ2v) is 6.14. The van der Waals surface area contributed by atoms with Crippen molar-refractivity contribution in [2.24, 2.45) is 5.41 Å². The fraction of sp³-hybridized carbons (Fsp3) is 0.375. The van der Waals surface area contributed by atoms with Crippen molar-refractivity contribution in [2.45, 2.75) is 32.1 Å². The van der Waals surface area contributed by atoms with E-state index >= 15 is 0 Å². The van der Waals surface area contributed by atoms with Crippen LogP contribution >= 0.6 is 0 Å². The van der Waals surface area contributed by atoms with Gasteiger partial charge in [-0.1, -0.05) is 6.42 Å². The minimum atomic E-state index is -0.923. The summed E-state index contributed by atoms with van der Waals surface area (Å²) < 4.78 is 28.0. The van der Waals surface area contributed by atoms with Gasteiger partial charge in [-0.2, -0.15) is 0 Å². The van der Waals surface area contributed by atoms with Gasteiger partial charge in [0.2, 0.25) is 0 Å². The van der Waals surface area contributed by atoms with E-state index in [1.165, 1.54) is 18.8 Å². The van der Waals surface area contributed by atoms with Crippen LogP contribution in [0.2, 0.25) is 0 Å². The zero-order valence-electron chi connectivity index (χ0n) is 11.4. The highest BCUT2D eigenvalue weighted by Crippen LogP contribution is 2.50. The van der Waals surface area contributed by atoms with Crippen LogP contribution < -0.4 is 0 Å². The smallest absolute Gasteiger partial charge is 0.182 e. The van der Waals surface area contributed by atoms with E-state index in [0.29, 0.717) is 17.8 Å². The maximum absolute atomic E-state index is 13.4. The van der Waals surface area contributed by atoms with Crippen LogP contribution in [0.15, 0.2) is 24.5 Å². The predicted octanol–water partition coefficient (Wildman–Crippen LogP) is 3.45. The van der Waals surface area contributed by atoms with Crippen molar-refractivity contribution in [1.29, 1.82) is 0 Å². The highest BCUT2D eigenvalue weighted by atomic mass is 19.2. The van der Waals surface area contributed by atoms with Gasteiger partial charge in [-0.25, -0.2) is 13.8 Å². The van der Waals surface area contributed by atoms with E-state index in [1.54, 1.807) is 4.57 Å². The Bertz CT molecular complexity index is 747. The fourth-order valence-electron chi connectivity index (χ4n) is 3.51. The molecular weight excluding hydrogens is 274 g/mol. The standard InChI is InChI=1S/C16H14F2N2O/c17-11-3-2-10(6-12(11)18)20-9-19-13-7-16(4-1-5-16)8-14(21)15(13)20/h2-3,6,9H,1,4-5,7-8H2. The molecule has 0 atom stereocenters. The highest BCUT2D eigenvalue weighted by Gasteiger charge is 2.44. The van der Waals surface area contributed by atoms with Crippen molar-refractivity contribution >= 4 is 5.78 Å². The summed E-state index contributed by atoms with van der Waals surface area (Å²) in [5, 5.41) is 0. The molecule has 1 saturated carbocycles. The molecule has 1 aromatic carbocycles. The fourth-order valence-corrected chi connectivity index (χ4v) is 3.51. The van der Waals surface area contributed by atoms with Gasteiger partial charge in [0.15, 0.2) is 17.4 Å². The molecule has 0 amide bonds. The zero-order chi connectivity index (χ0) is 14.6. The first-order valence-corrected chi connectivity index (χ1v) is 7.13. The number of carbonyl (C=O) groups is 1. The van der Waals surface area contributed by atoms with Crippen molar-refractivity contribution in [3.63, 3.8) is 0 Å². The van der Waals surface area contributed by atoms with Gasteiger partial charge >= 0.3 is 0 Å². The Hall–Kier alpha value is -2.04. The molecule has 2 aliphatic rings. The van der Waals surface area contributed by atoms with Gasteiger partial charge in [0, 0.05) is 12.5 Å². The molecule has 0 bridgehead atoms. The Labute approximate surface area is 120 Å². The number of carbonyl (C=O) groups excluding carboxylic acids is 1. The number of fused-ring (bicyclic) bond motifs is 1. The summed E-state index contributed by atoms with van der Waals surface area (Å²) in [6.45, 7) is 0. The van der Waals surface area contributed by atoms with E-state index in [0.717, 1.165) is 37.1 Å². The van der Waals surface area contributed by atoms with Crippen LogP contribution in [0.1, 0.15) is 41.9 Å². The molecule has 21 heavy (non-hydrogen) atoms. The van der Waals surface area contributed by atoms with Crippen molar-refractivity contribution in [3.05, 3.63) is 47.5 Å². The number of imidazole rings is 1. The third-order valence-corrected chi connectivity index (χ3v) is 4.78. The third-order valence-electron chi connectivity index (χ3n) is 4.78. The van der Waals surface area contributed by atoms with Crippen LogP contribution in [0.25, 0.3) is 5.69 Å². The Morgan fingerprint density at radius 1 is 1.14 bits per heavy atom. The molecule has 1 aromatic heterocycles. The minimum Gasteiger partial charge on any atom is -0.296 e. The molecule has 0 N–H and O–H groups in total. The number of halogens is 2. The van der Waals surface area contributed by atoms with Crippen molar-refractivity contribution in [1.82, 2.24) is 9.55 Å². The number of rotatable bonds is 1. The number of Topliss-reactive ketones (excluding diaryl/α,β-unsaturated/α-hetero) is 1. The molecule has 2 aromatic rings. The number of hydrogen-bond donors (Lipinski definition) is 0. The van der Waals surface area contributed by atoms with Crippen LogP contribution in [-0.2, 0) is 6.42 Å². The Balaban J connectivity index is 1.79. The van der Waals surface area contributed by atoms with E-state index in [1.807, 2.05) is 0 Å². The summed E-state index contributed by atoms with van der Waals surface area (Å²) >= 11 is 0. The third kappa shape index (κ3) is 1.83.